The molecule has 0 N–H and O–H groups in total. The lowest BCUT2D eigenvalue weighted by Gasteiger charge is -2.06. The summed E-state index contributed by atoms with van der Waals surface area (Å²) >= 11 is 7.17. The van der Waals surface area contributed by atoms with Gasteiger partial charge < -0.3 is 0 Å². The lowest BCUT2D eigenvalue weighted by atomic mass is 10.4. The van der Waals surface area contributed by atoms with Gasteiger partial charge in [0, 0.05) is 11.4 Å². The zero-order chi connectivity index (χ0) is 10.8. The van der Waals surface area contributed by atoms with E-state index in [1.807, 2.05) is 5.38 Å². The van der Waals surface area contributed by atoms with Crippen LogP contribution in [0.3, 0.4) is 0 Å². The molecule has 6 heteroatoms. The largest absolute Gasteiger partial charge is 0.291 e. The zero-order valence-corrected chi connectivity index (χ0v) is 9.55. The van der Waals surface area contributed by atoms with Crippen molar-refractivity contribution >= 4 is 22.9 Å². The molecule has 0 fully saturated rings. The van der Waals surface area contributed by atoms with Gasteiger partial charge in [-0.1, -0.05) is 11.6 Å². The number of rotatable bonds is 2. The fraction of sp³-hybridized carbons (Fsp3) is 0.222. The molecule has 0 bridgehead atoms. The number of hydrogen-bond acceptors (Lipinski definition) is 4. The van der Waals surface area contributed by atoms with Gasteiger partial charge >= 0.3 is 0 Å². The molecule has 0 radical (unpaired) electrons. The van der Waals surface area contributed by atoms with Gasteiger partial charge in [0.15, 0.2) is 0 Å². The van der Waals surface area contributed by atoms with Crippen molar-refractivity contribution in [2.45, 2.75) is 13.5 Å². The lowest BCUT2D eigenvalue weighted by molar-refractivity contribution is 0.689. The summed E-state index contributed by atoms with van der Waals surface area (Å²) in [6, 6.07) is 1.31. The Labute approximate surface area is 95.2 Å². The second kappa shape index (κ2) is 4.12. The molecule has 2 aromatic rings. The monoisotopic (exact) mass is 241 g/mol. The van der Waals surface area contributed by atoms with Gasteiger partial charge in [0.1, 0.15) is 11.0 Å². The highest BCUT2D eigenvalue weighted by molar-refractivity contribution is 7.07. The van der Waals surface area contributed by atoms with E-state index in [-0.39, 0.29) is 10.7 Å². The van der Waals surface area contributed by atoms with E-state index in [1.54, 1.807) is 17.0 Å². The smallest absolute Gasteiger partial charge is 0.255 e. The van der Waals surface area contributed by atoms with Crippen molar-refractivity contribution in [3.8, 4) is 0 Å². The van der Waals surface area contributed by atoms with Crippen LogP contribution in [-0.2, 0) is 6.54 Å². The summed E-state index contributed by atoms with van der Waals surface area (Å²) in [4.78, 5) is 19.7. The van der Waals surface area contributed by atoms with E-state index in [0.717, 1.165) is 5.69 Å². The van der Waals surface area contributed by atoms with Gasteiger partial charge in [-0.3, -0.25) is 9.36 Å². The third kappa shape index (κ3) is 2.24. The Bertz CT molecular complexity index is 521. The molecule has 2 rings (SSSR count). The molecule has 2 aromatic heterocycles. The minimum atomic E-state index is -0.152. The van der Waals surface area contributed by atoms with Crippen molar-refractivity contribution < 1.29 is 0 Å². The van der Waals surface area contributed by atoms with Crippen LogP contribution in [0.5, 0.6) is 0 Å². The summed E-state index contributed by atoms with van der Waals surface area (Å²) < 4.78 is 1.54. The summed E-state index contributed by atoms with van der Waals surface area (Å²) in [6.45, 7) is 2.19. The molecule has 0 unspecified atom stereocenters. The van der Waals surface area contributed by atoms with Crippen LogP contribution >= 0.6 is 22.9 Å². The van der Waals surface area contributed by atoms with E-state index >= 15 is 0 Å². The highest BCUT2D eigenvalue weighted by atomic mass is 35.5. The topological polar surface area (TPSA) is 47.8 Å². The summed E-state index contributed by atoms with van der Waals surface area (Å²) in [5.74, 6) is 0.598. The maximum atomic E-state index is 11.6. The Balaban J connectivity index is 2.41. The van der Waals surface area contributed by atoms with Crippen LogP contribution in [0.25, 0.3) is 0 Å². The standard InChI is InChI=1S/C9H8ClN3OS/c1-6-12-8(10)2-9(14)13(6)3-7-4-15-5-11-7/h2,4-5H,3H2,1H3. The van der Waals surface area contributed by atoms with Crippen LogP contribution in [0.1, 0.15) is 11.5 Å². The van der Waals surface area contributed by atoms with Crippen LogP contribution in [0, 0.1) is 6.92 Å². The van der Waals surface area contributed by atoms with Crippen molar-refractivity contribution in [2.75, 3.05) is 0 Å². The summed E-state index contributed by atoms with van der Waals surface area (Å²) in [5, 5.41) is 2.13. The summed E-state index contributed by atoms with van der Waals surface area (Å²) in [5.41, 5.74) is 2.44. The Morgan fingerprint density at radius 1 is 1.60 bits per heavy atom. The fourth-order valence-electron chi connectivity index (χ4n) is 1.26. The number of halogens is 1. The number of nitrogens with zero attached hydrogens (tertiary/aromatic N) is 3. The number of aromatic nitrogens is 3. The first-order valence-corrected chi connectivity index (χ1v) is 5.60. The predicted molar refractivity (Wildman–Crippen MR) is 59.5 cm³/mol. The molecule has 78 valence electrons. The van der Waals surface area contributed by atoms with Gasteiger partial charge in [0.2, 0.25) is 0 Å². The Morgan fingerprint density at radius 3 is 3.00 bits per heavy atom. The highest BCUT2D eigenvalue weighted by Crippen LogP contribution is 2.05. The van der Waals surface area contributed by atoms with Gasteiger partial charge in [-0.05, 0) is 6.92 Å². The Morgan fingerprint density at radius 2 is 2.40 bits per heavy atom. The van der Waals surface area contributed by atoms with Gasteiger partial charge in [-0.25, -0.2) is 9.97 Å². The first kappa shape index (κ1) is 10.3. The molecule has 0 aliphatic rings. The average molecular weight is 242 g/mol. The van der Waals surface area contributed by atoms with Crippen molar-refractivity contribution in [2.24, 2.45) is 0 Å². The predicted octanol–water partition coefficient (Wildman–Crippen LogP) is 1.71. The molecule has 0 amide bonds. The van der Waals surface area contributed by atoms with Gasteiger partial charge in [0.05, 0.1) is 17.7 Å². The maximum Gasteiger partial charge on any atom is 0.255 e. The molecule has 0 aromatic carbocycles. The second-order valence-corrected chi connectivity index (χ2v) is 4.14. The number of thiazole rings is 1. The SMILES string of the molecule is Cc1nc(Cl)cc(=O)n1Cc1cscn1. The lowest BCUT2D eigenvalue weighted by Crippen LogP contribution is -2.23. The van der Waals surface area contributed by atoms with Crippen molar-refractivity contribution in [3.05, 3.63) is 44.0 Å². The van der Waals surface area contributed by atoms with E-state index in [0.29, 0.717) is 12.4 Å². The molecule has 0 aliphatic heterocycles. The van der Waals surface area contributed by atoms with E-state index in [1.165, 1.54) is 17.4 Å². The molecule has 4 nitrogen and oxygen atoms in total. The second-order valence-electron chi connectivity index (χ2n) is 3.03. The van der Waals surface area contributed by atoms with E-state index < -0.39 is 0 Å². The van der Waals surface area contributed by atoms with Gasteiger partial charge in [0.25, 0.3) is 5.56 Å². The Hall–Kier alpha value is -1.20. The van der Waals surface area contributed by atoms with Crippen LogP contribution in [0.2, 0.25) is 5.15 Å². The molecule has 2 heterocycles. The molecular weight excluding hydrogens is 234 g/mol. The van der Waals surface area contributed by atoms with Crippen molar-refractivity contribution in [1.29, 1.82) is 0 Å². The highest BCUT2D eigenvalue weighted by Gasteiger charge is 2.05. The zero-order valence-electron chi connectivity index (χ0n) is 7.98. The fourth-order valence-corrected chi connectivity index (χ4v) is 2.02. The van der Waals surface area contributed by atoms with Crippen LogP contribution < -0.4 is 5.56 Å². The van der Waals surface area contributed by atoms with Crippen LogP contribution in [0.4, 0.5) is 0 Å². The van der Waals surface area contributed by atoms with E-state index in [4.69, 9.17) is 11.6 Å². The quantitative estimate of drug-likeness (QED) is 0.752. The molecule has 0 atom stereocenters. The number of aryl methyl sites for hydroxylation is 1. The first-order chi connectivity index (χ1) is 7.16. The van der Waals surface area contributed by atoms with Crippen LogP contribution in [-0.4, -0.2) is 14.5 Å². The first-order valence-electron chi connectivity index (χ1n) is 4.28. The third-order valence-electron chi connectivity index (χ3n) is 1.97. The summed E-state index contributed by atoms with van der Waals surface area (Å²) in [6.07, 6.45) is 0. The van der Waals surface area contributed by atoms with Gasteiger partial charge in [-0.2, -0.15) is 0 Å². The van der Waals surface area contributed by atoms with Crippen LogP contribution in [0.15, 0.2) is 21.8 Å². The van der Waals surface area contributed by atoms with Gasteiger partial charge in [-0.15, -0.1) is 11.3 Å². The molecule has 0 saturated carbocycles. The van der Waals surface area contributed by atoms with E-state index in [2.05, 4.69) is 9.97 Å². The van der Waals surface area contributed by atoms with Crippen molar-refractivity contribution in [1.82, 2.24) is 14.5 Å². The molecule has 0 saturated heterocycles. The average Bonchev–Trinajstić information content (AvgIpc) is 2.63. The summed E-state index contributed by atoms with van der Waals surface area (Å²) in [7, 11) is 0. The minimum absolute atomic E-state index is 0.152. The maximum absolute atomic E-state index is 11.6. The normalized spacial score (nSPS) is 10.5. The number of hydrogen-bond donors (Lipinski definition) is 0. The molecule has 15 heavy (non-hydrogen) atoms. The Kier molecular flexibility index (Phi) is 2.83. The van der Waals surface area contributed by atoms with E-state index in [9.17, 15) is 4.79 Å². The molecular formula is C9H8ClN3OS. The third-order valence-corrected chi connectivity index (χ3v) is 2.80. The molecule has 0 spiro atoms. The van der Waals surface area contributed by atoms with Crippen molar-refractivity contribution in [3.63, 3.8) is 0 Å². The molecule has 0 aliphatic carbocycles. The minimum Gasteiger partial charge on any atom is -0.291 e.